The van der Waals surface area contributed by atoms with E-state index in [1.807, 2.05) is 0 Å². The molecule has 0 unspecified atom stereocenters. The normalized spacial score (nSPS) is 27.5. The molecule has 2 aliphatic rings. The van der Waals surface area contributed by atoms with E-state index in [-0.39, 0.29) is 5.97 Å². The number of hydrogen-bond acceptors (Lipinski definition) is 4. The van der Waals surface area contributed by atoms with E-state index in [0.29, 0.717) is 31.5 Å². The highest BCUT2D eigenvalue weighted by Crippen LogP contribution is 2.31. The molecule has 2 saturated carbocycles. The van der Waals surface area contributed by atoms with Crippen LogP contribution < -0.4 is 0 Å². The fourth-order valence-electron chi connectivity index (χ4n) is 4.83. The minimum Gasteiger partial charge on any atom is -0.463 e. The van der Waals surface area contributed by atoms with E-state index in [1.54, 1.807) is 0 Å². The summed E-state index contributed by atoms with van der Waals surface area (Å²) in [4.78, 5) is 11.1. The molecule has 0 amide bonds. The summed E-state index contributed by atoms with van der Waals surface area (Å²) in [6.45, 7) is 6.66. The van der Waals surface area contributed by atoms with E-state index < -0.39 is 0 Å². The number of carbonyl (C=O) groups excluding carboxylic acids is 1. The number of ether oxygens (including phenoxy) is 3. The SMILES string of the molecule is C=CC(=O)OCCC1CCC(OCOC2CCC(CCCCCCC)CC2)CC1. The monoisotopic (exact) mass is 408 g/mol. The van der Waals surface area contributed by atoms with Crippen molar-refractivity contribution in [1.82, 2.24) is 0 Å². The van der Waals surface area contributed by atoms with Crippen LogP contribution in [0.15, 0.2) is 12.7 Å². The van der Waals surface area contributed by atoms with Gasteiger partial charge >= 0.3 is 5.97 Å². The van der Waals surface area contributed by atoms with Gasteiger partial charge in [-0.3, -0.25) is 0 Å². The fourth-order valence-corrected chi connectivity index (χ4v) is 4.83. The van der Waals surface area contributed by atoms with Crippen LogP contribution in [0.25, 0.3) is 0 Å². The Morgan fingerprint density at radius 2 is 1.38 bits per heavy atom. The molecule has 0 aliphatic heterocycles. The van der Waals surface area contributed by atoms with Crippen molar-refractivity contribution in [2.45, 2.75) is 115 Å². The lowest BCUT2D eigenvalue weighted by Gasteiger charge is -2.31. The van der Waals surface area contributed by atoms with Crippen LogP contribution in [0.3, 0.4) is 0 Å². The Morgan fingerprint density at radius 1 is 0.828 bits per heavy atom. The molecule has 4 heteroatoms. The van der Waals surface area contributed by atoms with Crippen molar-refractivity contribution in [3.05, 3.63) is 12.7 Å². The summed E-state index contributed by atoms with van der Waals surface area (Å²) in [5.74, 6) is 1.25. The number of unbranched alkanes of at least 4 members (excludes halogenated alkanes) is 4. The highest BCUT2D eigenvalue weighted by molar-refractivity contribution is 5.81. The van der Waals surface area contributed by atoms with Gasteiger partial charge in [0.1, 0.15) is 6.79 Å². The summed E-state index contributed by atoms with van der Waals surface area (Å²) < 4.78 is 17.1. The molecule has 0 atom stereocenters. The minimum absolute atomic E-state index is 0.319. The van der Waals surface area contributed by atoms with Crippen LogP contribution in [0, 0.1) is 11.8 Å². The maximum Gasteiger partial charge on any atom is 0.330 e. The third-order valence-corrected chi connectivity index (χ3v) is 6.85. The summed E-state index contributed by atoms with van der Waals surface area (Å²) in [7, 11) is 0. The highest BCUT2D eigenvalue weighted by Gasteiger charge is 2.24. The second-order valence-corrected chi connectivity index (χ2v) is 9.10. The van der Waals surface area contributed by atoms with Crippen LogP contribution >= 0.6 is 0 Å². The van der Waals surface area contributed by atoms with E-state index in [1.165, 1.54) is 70.3 Å². The zero-order valence-electron chi connectivity index (χ0n) is 18.7. The molecule has 0 aromatic heterocycles. The summed E-state index contributed by atoms with van der Waals surface area (Å²) in [6, 6.07) is 0. The molecular formula is C25H44O4. The second-order valence-electron chi connectivity index (χ2n) is 9.10. The van der Waals surface area contributed by atoms with Gasteiger partial charge in [0.25, 0.3) is 0 Å². The Hall–Kier alpha value is -0.870. The number of rotatable bonds is 14. The maximum atomic E-state index is 11.1. The first-order valence-electron chi connectivity index (χ1n) is 12.2. The quantitative estimate of drug-likeness (QED) is 0.141. The first-order chi connectivity index (χ1) is 14.2. The molecule has 0 N–H and O–H groups in total. The Kier molecular flexibility index (Phi) is 12.6. The average Bonchev–Trinajstić information content (AvgIpc) is 2.75. The molecule has 2 rings (SSSR count). The number of hydrogen-bond donors (Lipinski definition) is 0. The summed E-state index contributed by atoms with van der Waals surface area (Å²) in [5.41, 5.74) is 0. The molecule has 2 fully saturated rings. The molecule has 168 valence electrons. The molecule has 0 radical (unpaired) electrons. The number of carbonyl (C=O) groups is 1. The van der Waals surface area contributed by atoms with Gasteiger partial charge in [0, 0.05) is 6.08 Å². The minimum atomic E-state index is -0.319. The van der Waals surface area contributed by atoms with Gasteiger partial charge in [-0.25, -0.2) is 4.79 Å². The average molecular weight is 409 g/mol. The summed E-state index contributed by atoms with van der Waals surface area (Å²) in [5, 5.41) is 0. The molecular weight excluding hydrogens is 364 g/mol. The Balaban J connectivity index is 1.44. The second kappa shape index (κ2) is 15.0. The Morgan fingerprint density at radius 3 is 1.93 bits per heavy atom. The van der Waals surface area contributed by atoms with Crippen LogP contribution in [0.5, 0.6) is 0 Å². The van der Waals surface area contributed by atoms with Gasteiger partial charge in [-0.15, -0.1) is 0 Å². The van der Waals surface area contributed by atoms with E-state index in [0.717, 1.165) is 38.0 Å². The van der Waals surface area contributed by atoms with Crippen molar-refractivity contribution >= 4 is 5.97 Å². The third-order valence-electron chi connectivity index (χ3n) is 6.85. The van der Waals surface area contributed by atoms with Crippen LogP contribution in [0.1, 0.15) is 103 Å². The summed E-state index contributed by atoms with van der Waals surface area (Å²) in [6.07, 6.45) is 20.9. The maximum absolute atomic E-state index is 11.1. The molecule has 0 heterocycles. The van der Waals surface area contributed by atoms with Gasteiger partial charge in [0.15, 0.2) is 0 Å². The molecule has 0 bridgehead atoms. The zero-order chi connectivity index (χ0) is 20.7. The molecule has 4 nitrogen and oxygen atoms in total. The largest absolute Gasteiger partial charge is 0.463 e. The predicted octanol–water partition coefficient (Wildman–Crippen LogP) is 6.57. The van der Waals surface area contributed by atoms with Crippen LogP contribution in [0.2, 0.25) is 0 Å². The van der Waals surface area contributed by atoms with Crippen LogP contribution in [-0.2, 0) is 19.0 Å². The van der Waals surface area contributed by atoms with E-state index in [2.05, 4.69) is 13.5 Å². The van der Waals surface area contributed by atoms with Crippen molar-refractivity contribution in [3.63, 3.8) is 0 Å². The lowest BCUT2D eigenvalue weighted by atomic mass is 9.84. The smallest absolute Gasteiger partial charge is 0.330 e. The van der Waals surface area contributed by atoms with Crippen molar-refractivity contribution < 1.29 is 19.0 Å². The van der Waals surface area contributed by atoms with Crippen LogP contribution in [0.4, 0.5) is 0 Å². The fraction of sp³-hybridized carbons (Fsp3) is 0.880. The molecule has 0 spiro atoms. The highest BCUT2D eigenvalue weighted by atomic mass is 16.7. The van der Waals surface area contributed by atoms with E-state index >= 15 is 0 Å². The summed E-state index contributed by atoms with van der Waals surface area (Å²) >= 11 is 0. The first kappa shape index (κ1) is 24.4. The molecule has 0 aromatic rings. The van der Waals surface area contributed by atoms with Gasteiger partial charge in [0.2, 0.25) is 0 Å². The van der Waals surface area contributed by atoms with Gasteiger partial charge in [-0.05, 0) is 69.6 Å². The van der Waals surface area contributed by atoms with E-state index in [4.69, 9.17) is 14.2 Å². The Labute approximate surface area is 178 Å². The van der Waals surface area contributed by atoms with E-state index in [9.17, 15) is 4.79 Å². The van der Waals surface area contributed by atoms with Gasteiger partial charge < -0.3 is 14.2 Å². The van der Waals surface area contributed by atoms with Crippen LogP contribution in [-0.4, -0.2) is 31.6 Å². The Bertz CT molecular complexity index is 434. The topological polar surface area (TPSA) is 44.8 Å². The first-order valence-corrected chi connectivity index (χ1v) is 12.2. The van der Waals surface area contributed by atoms with Gasteiger partial charge in [0.05, 0.1) is 18.8 Å². The molecule has 0 aromatic carbocycles. The van der Waals surface area contributed by atoms with Crippen molar-refractivity contribution in [3.8, 4) is 0 Å². The lowest BCUT2D eigenvalue weighted by molar-refractivity contribution is -0.140. The lowest BCUT2D eigenvalue weighted by Crippen LogP contribution is -2.27. The standard InChI is InChI=1S/C25H44O4/c1-3-5-6-7-8-9-21-10-14-23(15-11-21)28-20-29-24-16-12-22(13-17-24)18-19-27-25(26)4-2/h4,21-24H,2-3,5-20H2,1H3. The number of esters is 1. The van der Waals surface area contributed by atoms with Crippen molar-refractivity contribution in [2.75, 3.05) is 13.4 Å². The van der Waals surface area contributed by atoms with Gasteiger partial charge in [-0.1, -0.05) is 52.0 Å². The molecule has 2 aliphatic carbocycles. The predicted molar refractivity (Wildman–Crippen MR) is 118 cm³/mol. The van der Waals surface area contributed by atoms with Gasteiger partial charge in [-0.2, -0.15) is 0 Å². The molecule has 29 heavy (non-hydrogen) atoms. The zero-order valence-corrected chi connectivity index (χ0v) is 18.7. The molecule has 0 saturated heterocycles. The van der Waals surface area contributed by atoms with Crippen molar-refractivity contribution in [1.29, 1.82) is 0 Å². The third kappa shape index (κ3) is 10.6. The van der Waals surface area contributed by atoms with Crippen molar-refractivity contribution in [2.24, 2.45) is 11.8 Å².